The molecule has 0 radical (unpaired) electrons. The molecule has 0 aliphatic carbocycles. The van der Waals surface area contributed by atoms with E-state index in [2.05, 4.69) is 10.3 Å². The fraction of sp³-hybridized carbons (Fsp3) is 0.176. The average molecular weight is 280 g/mol. The first-order chi connectivity index (χ1) is 10.1. The predicted molar refractivity (Wildman–Crippen MR) is 82.3 cm³/mol. The molecule has 0 saturated heterocycles. The lowest BCUT2D eigenvalue weighted by Crippen LogP contribution is -2.16. The monoisotopic (exact) mass is 280 g/mol. The molecular weight excluding hydrogens is 264 g/mol. The van der Waals surface area contributed by atoms with Gasteiger partial charge in [0, 0.05) is 5.69 Å². The van der Waals surface area contributed by atoms with Gasteiger partial charge in [0.15, 0.2) is 12.0 Å². The number of hydrogen-bond acceptors (Lipinski definition) is 3. The van der Waals surface area contributed by atoms with E-state index in [9.17, 15) is 4.79 Å². The van der Waals surface area contributed by atoms with Crippen molar-refractivity contribution in [2.24, 2.45) is 0 Å². The first-order valence-electron chi connectivity index (χ1n) is 6.81. The van der Waals surface area contributed by atoms with Crippen molar-refractivity contribution in [3.63, 3.8) is 0 Å². The lowest BCUT2D eigenvalue weighted by molar-refractivity contribution is -0.115. The van der Waals surface area contributed by atoms with Gasteiger partial charge in [0.25, 0.3) is 0 Å². The van der Waals surface area contributed by atoms with E-state index in [0.717, 1.165) is 27.9 Å². The van der Waals surface area contributed by atoms with Crippen molar-refractivity contribution in [1.82, 2.24) is 4.98 Å². The second-order valence-corrected chi connectivity index (χ2v) is 5.15. The Bertz CT molecular complexity index is 785. The Morgan fingerprint density at radius 3 is 2.71 bits per heavy atom. The normalized spacial score (nSPS) is 10.8. The van der Waals surface area contributed by atoms with Gasteiger partial charge in [-0.2, -0.15) is 0 Å². The van der Waals surface area contributed by atoms with Crippen molar-refractivity contribution in [2.45, 2.75) is 20.3 Å². The van der Waals surface area contributed by atoms with E-state index >= 15 is 0 Å². The topological polar surface area (TPSA) is 55.1 Å². The number of nitrogens with one attached hydrogen (secondary N) is 1. The van der Waals surface area contributed by atoms with Gasteiger partial charge in [0.05, 0.1) is 6.42 Å². The van der Waals surface area contributed by atoms with Crippen LogP contribution in [0.5, 0.6) is 0 Å². The number of fused-ring (bicyclic) bond motifs is 1. The largest absolute Gasteiger partial charge is 0.443 e. The summed E-state index contributed by atoms with van der Waals surface area (Å²) in [7, 11) is 0. The Morgan fingerprint density at radius 1 is 1.19 bits per heavy atom. The zero-order valence-electron chi connectivity index (χ0n) is 12.0. The van der Waals surface area contributed by atoms with Crippen molar-refractivity contribution in [3.05, 3.63) is 59.5 Å². The smallest absolute Gasteiger partial charge is 0.228 e. The lowest BCUT2D eigenvalue weighted by atomic mass is 10.1. The average Bonchev–Trinajstić information content (AvgIpc) is 2.90. The molecule has 0 unspecified atom stereocenters. The maximum Gasteiger partial charge on any atom is 0.228 e. The molecule has 3 rings (SSSR count). The van der Waals surface area contributed by atoms with Crippen LogP contribution in [0.25, 0.3) is 11.1 Å². The third-order valence-corrected chi connectivity index (χ3v) is 3.51. The summed E-state index contributed by atoms with van der Waals surface area (Å²) >= 11 is 0. The number of amides is 1. The fourth-order valence-corrected chi connectivity index (χ4v) is 2.39. The van der Waals surface area contributed by atoms with Crippen LogP contribution in [0, 0.1) is 13.8 Å². The summed E-state index contributed by atoms with van der Waals surface area (Å²) in [6.07, 6.45) is 1.72. The van der Waals surface area contributed by atoms with Crippen molar-refractivity contribution in [1.29, 1.82) is 0 Å². The number of carbonyl (C=O) groups is 1. The molecule has 0 bridgehead atoms. The van der Waals surface area contributed by atoms with Crippen LogP contribution in [0.2, 0.25) is 0 Å². The maximum absolute atomic E-state index is 12.2. The van der Waals surface area contributed by atoms with Gasteiger partial charge in [0.2, 0.25) is 5.91 Å². The number of para-hydroxylation sites is 1. The molecule has 1 N–H and O–H groups in total. The molecular formula is C17H16N2O2. The van der Waals surface area contributed by atoms with Gasteiger partial charge >= 0.3 is 0 Å². The molecule has 0 aliphatic heterocycles. The van der Waals surface area contributed by atoms with Crippen LogP contribution in [0.1, 0.15) is 16.7 Å². The standard InChI is InChI=1S/C17H16N2O2/c1-11-4-3-5-12(2)17(11)19-16(20)9-13-6-7-14-15(8-13)21-10-18-14/h3-8,10H,9H2,1-2H3,(H,19,20). The zero-order chi connectivity index (χ0) is 14.8. The molecule has 3 aromatic rings. The molecule has 106 valence electrons. The molecule has 1 amide bonds. The highest BCUT2D eigenvalue weighted by molar-refractivity contribution is 5.94. The SMILES string of the molecule is Cc1cccc(C)c1NC(=O)Cc1ccc2ncoc2c1. The number of benzene rings is 2. The number of aryl methyl sites for hydroxylation is 2. The molecule has 0 aliphatic rings. The molecule has 2 aromatic carbocycles. The summed E-state index contributed by atoms with van der Waals surface area (Å²) in [5, 5.41) is 2.98. The van der Waals surface area contributed by atoms with E-state index in [1.54, 1.807) is 0 Å². The molecule has 4 heteroatoms. The molecule has 0 saturated carbocycles. The summed E-state index contributed by atoms with van der Waals surface area (Å²) in [6.45, 7) is 3.98. The van der Waals surface area contributed by atoms with Crippen molar-refractivity contribution in [2.75, 3.05) is 5.32 Å². The highest BCUT2D eigenvalue weighted by Crippen LogP contribution is 2.20. The van der Waals surface area contributed by atoms with E-state index in [-0.39, 0.29) is 5.91 Å². The van der Waals surface area contributed by atoms with E-state index in [4.69, 9.17) is 4.42 Å². The number of anilines is 1. The Labute approximate surface area is 122 Å². The van der Waals surface area contributed by atoms with E-state index in [1.807, 2.05) is 50.2 Å². The van der Waals surface area contributed by atoms with Gasteiger partial charge in [-0.1, -0.05) is 24.3 Å². The number of carbonyl (C=O) groups excluding carboxylic acids is 1. The Balaban J connectivity index is 1.77. The third kappa shape index (κ3) is 2.79. The molecule has 1 heterocycles. The number of aromatic nitrogens is 1. The van der Waals surface area contributed by atoms with Crippen LogP contribution in [-0.4, -0.2) is 10.9 Å². The van der Waals surface area contributed by atoms with Gasteiger partial charge in [0.1, 0.15) is 5.52 Å². The second kappa shape index (κ2) is 5.40. The molecule has 0 spiro atoms. The highest BCUT2D eigenvalue weighted by atomic mass is 16.3. The minimum atomic E-state index is -0.0359. The van der Waals surface area contributed by atoms with Gasteiger partial charge in [-0.05, 0) is 42.7 Å². The quantitative estimate of drug-likeness (QED) is 0.797. The first kappa shape index (κ1) is 13.4. The van der Waals surface area contributed by atoms with Crippen LogP contribution in [0.15, 0.2) is 47.2 Å². The molecule has 0 fully saturated rings. The molecule has 21 heavy (non-hydrogen) atoms. The maximum atomic E-state index is 12.2. The summed E-state index contributed by atoms with van der Waals surface area (Å²) in [6, 6.07) is 11.6. The van der Waals surface area contributed by atoms with Crippen LogP contribution < -0.4 is 5.32 Å². The zero-order valence-corrected chi connectivity index (χ0v) is 12.0. The Kier molecular flexibility index (Phi) is 3.44. The van der Waals surface area contributed by atoms with Gasteiger partial charge < -0.3 is 9.73 Å². The van der Waals surface area contributed by atoms with Crippen LogP contribution in [0.3, 0.4) is 0 Å². The van der Waals surface area contributed by atoms with Crippen molar-refractivity contribution < 1.29 is 9.21 Å². The predicted octanol–water partition coefficient (Wildman–Crippen LogP) is 3.63. The number of oxazole rings is 1. The fourth-order valence-electron chi connectivity index (χ4n) is 2.39. The summed E-state index contributed by atoms with van der Waals surface area (Å²) < 4.78 is 5.25. The van der Waals surface area contributed by atoms with Gasteiger partial charge in [-0.25, -0.2) is 4.98 Å². The Morgan fingerprint density at radius 2 is 1.95 bits per heavy atom. The van der Waals surface area contributed by atoms with Crippen molar-refractivity contribution in [3.8, 4) is 0 Å². The molecule has 4 nitrogen and oxygen atoms in total. The Hall–Kier alpha value is -2.62. The minimum Gasteiger partial charge on any atom is -0.443 e. The van der Waals surface area contributed by atoms with Crippen LogP contribution >= 0.6 is 0 Å². The van der Waals surface area contributed by atoms with Gasteiger partial charge in [-0.3, -0.25) is 4.79 Å². The summed E-state index contributed by atoms with van der Waals surface area (Å²) in [5.74, 6) is -0.0359. The first-order valence-corrected chi connectivity index (χ1v) is 6.81. The number of hydrogen-bond donors (Lipinski definition) is 1. The van der Waals surface area contributed by atoms with E-state index in [1.165, 1.54) is 6.39 Å². The third-order valence-electron chi connectivity index (χ3n) is 3.51. The summed E-state index contributed by atoms with van der Waals surface area (Å²) in [4.78, 5) is 16.3. The van der Waals surface area contributed by atoms with Crippen LogP contribution in [-0.2, 0) is 11.2 Å². The number of rotatable bonds is 3. The van der Waals surface area contributed by atoms with Gasteiger partial charge in [-0.15, -0.1) is 0 Å². The summed E-state index contributed by atoms with van der Waals surface area (Å²) in [5.41, 5.74) is 5.43. The second-order valence-electron chi connectivity index (χ2n) is 5.15. The van der Waals surface area contributed by atoms with E-state index in [0.29, 0.717) is 12.0 Å². The van der Waals surface area contributed by atoms with E-state index < -0.39 is 0 Å². The molecule has 1 aromatic heterocycles. The lowest BCUT2D eigenvalue weighted by Gasteiger charge is -2.11. The van der Waals surface area contributed by atoms with Crippen molar-refractivity contribution >= 4 is 22.7 Å². The van der Waals surface area contributed by atoms with Crippen LogP contribution in [0.4, 0.5) is 5.69 Å². The minimum absolute atomic E-state index is 0.0359. The molecule has 0 atom stereocenters. The highest BCUT2D eigenvalue weighted by Gasteiger charge is 2.09. The number of nitrogens with zero attached hydrogens (tertiary/aromatic N) is 1.